The van der Waals surface area contributed by atoms with Gasteiger partial charge in [0.15, 0.2) is 5.11 Å². The van der Waals surface area contributed by atoms with Crippen molar-refractivity contribution in [1.29, 1.82) is 0 Å². The smallest absolute Gasteiger partial charge is 0.171 e. The van der Waals surface area contributed by atoms with E-state index in [9.17, 15) is 0 Å². The number of benzene rings is 1. The van der Waals surface area contributed by atoms with Crippen LogP contribution in [0.2, 0.25) is 0 Å². The molecule has 0 amide bonds. The highest BCUT2D eigenvalue weighted by atomic mass is 79.9. The van der Waals surface area contributed by atoms with E-state index in [2.05, 4.69) is 58.6 Å². The van der Waals surface area contributed by atoms with E-state index in [1.54, 1.807) is 0 Å². The summed E-state index contributed by atoms with van der Waals surface area (Å²) in [5, 5.41) is 7.46. The van der Waals surface area contributed by atoms with Crippen LogP contribution in [0.5, 0.6) is 0 Å². The van der Waals surface area contributed by atoms with Crippen LogP contribution in [-0.2, 0) is 0 Å². The molecule has 0 spiro atoms. The Morgan fingerprint density at radius 3 is 2.74 bits per heavy atom. The summed E-state index contributed by atoms with van der Waals surface area (Å²) in [6.07, 6.45) is 5.18. The molecule has 1 aromatic carbocycles. The Morgan fingerprint density at radius 1 is 1.32 bits per heavy atom. The number of thiocarbonyl (C=S) groups is 1. The summed E-state index contributed by atoms with van der Waals surface area (Å²) in [5.41, 5.74) is 2.25. The molecule has 1 fully saturated rings. The van der Waals surface area contributed by atoms with Crippen molar-refractivity contribution in [3.05, 3.63) is 28.2 Å². The number of halogens is 1. The van der Waals surface area contributed by atoms with Gasteiger partial charge in [-0.25, -0.2) is 0 Å². The molecule has 1 aromatic rings. The molecule has 0 radical (unpaired) electrons. The molecule has 2 N–H and O–H groups in total. The monoisotopic (exact) mass is 340 g/mol. The van der Waals surface area contributed by atoms with E-state index in [4.69, 9.17) is 12.2 Å². The molecule has 4 heteroatoms. The zero-order chi connectivity index (χ0) is 13.8. The summed E-state index contributed by atoms with van der Waals surface area (Å²) in [6, 6.07) is 6.74. The van der Waals surface area contributed by atoms with Crippen LogP contribution in [0.1, 0.15) is 38.2 Å². The molecule has 19 heavy (non-hydrogen) atoms. The number of nitrogens with one attached hydrogen (secondary N) is 2. The number of hydrogen-bond donors (Lipinski definition) is 2. The minimum absolute atomic E-state index is 0.512. The van der Waals surface area contributed by atoms with Gasteiger partial charge in [-0.05, 0) is 71.5 Å². The van der Waals surface area contributed by atoms with E-state index < -0.39 is 0 Å². The lowest BCUT2D eigenvalue weighted by Crippen LogP contribution is -2.43. The molecule has 1 saturated carbocycles. The number of rotatable bonds is 2. The summed E-state index contributed by atoms with van der Waals surface area (Å²) in [7, 11) is 0. The van der Waals surface area contributed by atoms with E-state index in [1.807, 2.05) is 0 Å². The zero-order valence-corrected chi connectivity index (χ0v) is 13.9. The second kappa shape index (κ2) is 6.71. The van der Waals surface area contributed by atoms with Gasteiger partial charge in [-0.15, -0.1) is 0 Å². The lowest BCUT2D eigenvalue weighted by atomic mass is 9.86. The van der Waals surface area contributed by atoms with Gasteiger partial charge < -0.3 is 10.6 Å². The topological polar surface area (TPSA) is 24.1 Å². The summed E-state index contributed by atoms with van der Waals surface area (Å²) >= 11 is 8.98. The quantitative estimate of drug-likeness (QED) is 0.768. The van der Waals surface area contributed by atoms with Gasteiger partial charge in [0.2, 0.25) is 0 Å². The summed E-state index contributed by atoms with van der Waals surface area (Å²) in [4.78, 5) is 0. The predicted octanol–water partition coefficient (Wildman–Crippen LogP) is 4.62. The van der Waals surface area contributed by atoms with Gasteiger partial charge in [-0.1, -0.05) is 25.8 Å². The van der Waals surface area contributed by atoms with Crippen LogP contribution in [0.3, 0.4) is 0 Å². The van der Waals surface area contributed by atoms with Gasteiger partial charge in [0.05, 0.1) is 5.69 Å². The van der Waals surface area contributed by atoms with Crippen molar-refractivity contribution in [1.82, 2.24) is 5.32 Å². The fourth-order valence-corrected chi connectivity index (χ4v) is 3.43. The maximum Gasteiger partial charge on any atom is 0.171 e. The minimum atomic E-state index is 0.512. The summed E-state index contributed by atoms with van der Waals surface area (Å²) < 4.78 is 1.05. The van der Waals surface area contributed by atoms with Crippen LogP contribution in [0.25, 0.3) is 0 Å². The van der Waals surface area contributed by atoms with Gasteiger partial charge in [0, 0.05) is 10.5 Å². The maximum absolute atomic E-state index is 5.42. The van der Waals surface area contributed by atoms with Crippen LogP contribution >= 0.6 is 28.1 Å². The van der Waals surface area contributed by atoms with Crippen molar-refractivity contribution in [2.75, 3.05) is 5.32 Å². The predicted molar refractivity (Wildman–Crippen MR) is 89.7 cm³/mol. The molecule has 0 aliphatic heterocycles. The fourth-order valence-electron chi connectivity index (χ4n) is 2.58. The highest BCUT2D eigenvalue weighted by Gasteiger charge is 2.21. The highest BCUT2D eigenvalue weighted by molar-refractivity contribution is 9.10. The van der Waals surface area contributed by atoms with E-state index in [0.29, 0.717) is 12.0 Å². The number of anilines is 1. The third-order valence-corrected chi connectivity index (χ3v) is 4.68. The molecule has 2 atom stereocenters. The number of aryl methyl sites for hydroxylation is 1. The standard InChI is InChI=1S/C15H21BrN2S/c1-10-7-8-14(12(16)9-10)18-15(19)17-13-6-4-3-5-11(13)2/h7-9,11,13H,3-6H2,1-2H3,(H2,17,18,19)/t11-,13+/m1/s1. The van der Waals surface area contributed by atoms with E-state index >= 15 is 0 Å². The third-order valence-electron chi connectivity index (χ3n) is 3.80. The van der Waals surface area contributed by atoms with Gasteiger partial charge in [0.25, 0.3) is 0 Å². The maximum atomic E-state index is 5.42. The minimum Gasteiger partial charge on any atom is -0.359 e. The molecule has 2 nitrogen and oxygen atoms in total. The Bertz CT molecular complexity index is 461. The third kappa shape index (κ3) is 4.18. The van der Waals surface area contributed by atoms with Crippen molar-refractivity contribution >= 4 is 38.9 Å². The molecule has 1 aliphatic carbocycles. The summed E-state index contributed by atoms with van der Waals surface area (Å²) in [6.45, 7) is 4.38. The van der Waals surface area contributed by atoms with Gasteiger partial charge >= 0.3 is 0 Å². The molecule has 0 heterocycles. The molecular formula is C15H21BrN2S. The molecule has 0 unspecified atom stereocenters. The first-order chi connectivity index (χ1) is 9.06. The van der Waals surface area contributed by atoms with E-state index in [1.165, 1.54) is 31.2 Å². The molecule has 2 rings (SSSR count). The van der Waals surface area contributed by atoms with Crippen molar-refractivity contribution < 1.29 is 0 Å². The Labute approximate surface area is 129 Å². The Morgan fingerprint density at radius 2 is 2.05 bits per heavy atom. The average Bonchev–Trinajstić information content (AvgIpc) is 2.36. The lowest BCUT2D eigenvalue weighted by Gasteiger charge is -2.30. The van der Waals surface area contributed by atoms with E-state index in [-0.39, 0.29) is 0 Å². The molecule has 0 aromatic heterocycles. The van der Waals surface area contributed by atoms with Crippen LogP contribution in [-0.4, -0.2) is 11.2 Å². The fraction of sp³-hybridized carbons (Fsp3) is 0.533. The SMILES string of the molecule is Cc1ccc(NC(=S)N[C@H]2CCCC[C@H]2C)c(Br)c1. The van der Waals surface area contributed by atoms with Crippen molar-refractivity contribution in [2.24, 2.45) is 5.92 Å². The molecule has 0 saturated heterocycles. The van der Waals surface area contributed by atoms with E-state index in [0.717, 1.165) is 15.3 Å². The Balaban J connectivity index is 1.93. The van der Waals surface area contributed by atoms with Crippen LogP contribution in [0.4, 0.5) is 5.69 Å². The first-order valence-electron chi connectivity index (χ1n) is 6.90. The second-order valence-electron chi connectivity index (χ2n) is 5.45. The highest BCUT2D eigenvalue weighted by Crippen LogP contribution is 2.25. The number of hydrogen-bond acceptors (Lipinski definition) is 1. The van der Waals surface area contributed by atoms with Gasteiger partial charge in [0.1, 0.15) is 0 Å². The normalized spacial score (nSPS) is 22.9. The average molecular weight is 341 g/mol. The van der Waals surface area contributed by atoms with Crippen LogP contribution < -0.4 is 10.6 Å². The largest absolute Gasteiger partial charge is 0.359 e. The lowest BCUT2D eigenvalue weighted by molar-refractivity contribution is 0.309. The Kier molecular flexibility index (Phi) is 5.22. The Hall–Kier alpha value is -0.610. The van der Waals surface area contributed by atoms with Gasteiger partial charge in [-0.3, -0.25) is 0 Å². The molecule has 0 bridgehead atoms. The molecule has 104 valence electrons. The van der Waals surface area contributed by atoms with Crippen LogP contribution in [0.15, 0.2) is 22.7 Å². The van der Waals surface area contributed by atoms with Crippen LogP contribution in [0, 0.1) is 12.8 Å². The summed E-state index contributed by atoms with van der Waals surface area (Å²) in [5.74, 6) is 0.704. The van der Waals surface area contributed by atoms with Crippen molar-refractivity contribution in [3.63, 3.8) is 0 Å². The van der Waals surface area contributed by atoms with Gasteiger partial charge in [-0.2, -0.15) is 0 Å². The van der Waals surface area contributed by atoms with Crippen molar-refractivity contribution in [3.8, 4) is 0 Å². The first kappa shape index (κ1) is 14.8. The first-order valence-corrected chi connectivity index (χ1v) is 8.10. The molecular weight excluding hydrogens is 320 g/mol. The van der Waals surface area contributed by atoms with Crippen molar-refractivity contribution in [2.45, 2.75) is 45.6 Å². The second-order valence-corrected chi connectivity index (χ2v) is 6.71. The zero-order valence-electron chi connectivity index (χ0n) is 11.5. The molecule has 1 aliphatic rings.